The molecule has 1 rings (SSSR count). The van der Waals surface area contributed by atoms with Gasteiger partial charge in [0.2, 0.25) is 10.0 Å². The molecule has 3 N–H and O–H groups in total. The third-order valence-electron chi connectivity index (χ3n) is 1.97. The van der Waals surface area contributed by atoms with Gasteiger partial charge in [-0.25, -0.2) is 8.42 Å². The topological polar surface area (TPSA) is 139 Å². The molecular formula is C8H11N3O6S. The van der Waals surface area contributed by atoms with E-state index < -0.39 is 34.4 Å². The van der Waals surface area contributed by atoms with E-state index in [1.54, 1.807) is 4.72 Å². The van der Waals surface area contributed by atoms with Gasteiger partial charge in [0.1, 0.15) is 10.9 Å². The summed E-state index contributed by atoms with van der Waals surface area (Å²) in [6.45, 7) is 0. The van der Waals surface area contributed by atoms with E-state index in [1.165, 1.54) is 17.9 Å². The Labute approximate surface area is 102 Å². The highest BCUT2D eigenvalue weighted by Crippen LogP contribution is 2.08. The molecule has 0 bridgehead atoms. The lowest BCUT2D eigenvalue weighted by atomic mass is 10.2. The van der Waals surface area contributed by atoms with Crippen LogP contribution in [0.5, 0.6) is 0 Å². The van der Waals surface area contributed by atoms with Gasteiger partial charge in [-0.3, -0.25) is 14.3 Å². The van der Waals surface area contributed by atoms with Crippen LogP contribution in [0.2, 0.25) is 0 Å². The molecule has 10 heteroatoms. The Kier molecular flexibility index (Phi) is 4.03. The number of aliphatic carboxylic acids is 2. The maximum Gasteiger partial charge on any atom is 0.322 e. The molecule has 0 spiro atoms. The molecule has 0 aliphatic heterocycles. The highest BCUT2D eigenvalue weighted by atomic mass is 32.2. The summed E-state index contributed by atoms with van der Waals surface area (Å²) in [6, 6.07) is -1.73. The molecule has 100 valence electrons. The summed E-state index contributed by atoms with van der Waals surface area (Å²) in [5.74, 6) is -2.99. The average molecular weight is 277 g/mol. The first-order chi connectivity index (χ1) is 8.22. The molecule has 0 aliphatic rings. The van der Waals surface area contributed by atoms with Crippen molar-refractivity contribution in [2.45, 2.75) is 17.4 Å². The molecule has 0 radical (unpaired) electrons. The van der Waals surface area contributed by atoms with Crippen LogP contribution >= 0.6 is 0 Å². The summed E-state index contributed by atoms with van der Waals surface area (Å²) in [7, 11) is -2.62. The van der Waals surface area contributed by atoms with E-state index in [1.807, 2.05) is 0 Å². The number of aryl methyl sites for hydroxylation is 1. The maximum absolute atomic E-state index is 11.7. The van der Waals surface area contributed by atoms with Gasteiger partial charge >= 0.3 is 11.9 Å². The van der Waals surface area contributed by atoms with Crippen LogP contribution in [-0.4, -0.2) is 46.4 Å². The fraction of sp³-hybridized carbons (Fsp3) is 0.375. The first-order valence-electron chi connectivity index (χ1n) is 4.68. The Balaban J connectivity index is 2.93. The second-order valence-corrected chi connectivity index (χ2v) is 5.17. The number of hydrogen-bond donors (Lipinski definition) is 3. The molecule has 0 aromatic carbocycles. The minimum atomic E-state index is -4.11. The minimum Gasteiger partial charge on any atom is -0.481 e. The van der Waals surface area contributed by atoms with Crippen LogP contribution in [0.3, 0.4) is 0 Å². The largest absolute Gasteiger partial charge is 0.481 e. The summed E-state index contributed by atoms with van der Waals surface area (Å²) in [5, 5.41) is 20.8. The monoisotopic (exact) mass is 277 g/mol. The van der Waals surface area contributed by atoms with E-state index >= 15 is 0 Å². The Hall–Kier alpha value is -1.94. The van der Waals surface area contributed by atoms with Crippen molar-refractivity contribution >= 4 is 22.0 Å². The van der Waals surface area contributed by atoms with Crippen LogP contribution in [0.1, 0.15) is 6.42 Å². The fourth-order valence-corrected chi connectivity index (χ4v) is 2.32. The zero-order valence-corrected chi connectivity index (χ0v) is 10.1. The molecule has 18 heavy (non-hydrogen) atoms. The fourth-order valence-electron chi connectivity index (χ4n) is 1.15. The number of carboxylic acid groups (broad SMARTS) is 2. The van der Waals surface area contributed by atoms with Crippen LogP contribution in [0.4, 0.5) is 0 Å². The van der Waals surface area contributed by atoms with Gasteiger partial charge in [-0.1, -0.05) is 0 Å². The van der Waals surface area contributed by atoms with Crippen LogP contribution in [0.15, 0.2) is 17.3 Å². The van der Waals surface area contributed by atoms with Crippen molar-refractivity contribution in [3.8, 4) is 0 Å². The van der Waals surface area contributed by atoms with E-state index in [0.29, 0.717) is 0 Å². The smallest absolute Gasteiger partial charge is 0.322 e. The van der Waals surface area contributed by atoms with Crippen LogP contribution in [0, 0.1) is 0 Å². The van der Waals surface area contributed by atoms with Gasteiger partial charge in [-0.05, 0) is 0 Å². The van der Waals surface area contributed by atoms with Gasteiger partial charge in [0, 0.05) is 13.2 Å². The van der Waals surface area contributed by atoms with Crippen LogP contribution < -0.4 is 4.72 Å². The quantitative estimate of drug-likeness (QED) is 0.582. The maximum atomic E-state index is 11.7. The lowest BCUT2D eigenvalue weighted by Gasteiger charge is -2.11. The highest BCUT2D eigenvalue weighted by Gasteiger charge is 2.28. The number of aromatic nitrogens is 2. The van der Waals surface area contributed by atoms with E-state index in [9.17, 15) is 18.0 Å². The summed E-state index contributed by atoms with van der Waals surface area (Å²) in [4.78, 5) is 20.9. The zero-order valence-electron chi connectivity index (χ0n) is 9.27. The van der Waals surface area contributed by atoms with Gasteiger partial charge < -0.3 is 10.2 Å². The molecule has 1 aromatic rings. The van der Waals surface area contributed by atoms with Crippen molar-refractivity contribution in [3.63, 3.8) is 0 Å². The zero-order chi connectivity index (χ0) is 13.9. The van der Waals surface area contributed by atoms with Crippen LogP contribution in [-0.2, 0) is 26.7 Å². The lowest BCUT2D eigenvalue weighted by molar-refractivity contribution is -0.145. The molecule has 0 fully saturated rings. The highest BCUT2D eigenvalue weighted by molar-refractivity contribution is 7.89. The van der Waals surface area contributed by atoms with Gasteiger partial charge in [0.15, 0.2) is 0 Å². The molecule has 0 saturated carbocycles. The first-order valence-corrected chi connectivity index (χ1v) is 6.16. The Morgan fingerprint density at radius 3 is 2.50 bits per heavy atom. The standard InChI is InChI=1S/C8H11N3O6S/c1-11-4-5(3-9-11)18(16,17)10-6(8(14)15)2-7(12)13/h3-4,6,10H,2H2,1H3,(H,12,13)(H,14,15)/t6-/m1/s1. The van der Waals surface area contributed by atoms with Crippen molar-refractivity contribution in [2.24, 2.45) is 7.05 Å². The third-order valence-corrected chi connectivity index (χ3v) is 3.39. The number of nitrogens with one attached hydrogen (secondary N) is 1. The number of sulfonamides is 1. The SMILES string of the molecule is Cn1cc(S(=O)(=O)N[C@H](CC(=O)O)C(=O)O)cn1. The molecule has 1 aromatic heterocycles. The number of carbonyl (C=O) groups is 2. The molecule has 0 aliphatic carbocycles. The Bertz CT molecular complexity index is 563. The molecule has 0 amide bonds. The van der Waals surface area contributed by atoms with E-state index in [4.69, 9.17) is 10.2 Å². The summed E-state index contributed by atoms with van der Waals surface area (Å²) < 4.78 is 26.5. The summed E-state index contributed by atoms with van der Waals surface area (Å²) in [6.07, 6.45) is 1.35. The predicted molar refractivity (Wildman–Crippen MR) is 57.2 cm³/mol. The normalized spacial score (nSPS) is 13.2. The Morgan fingerprint density at radius 1 is 1.50 bits per heavy atom. The van der Waals surface area contributed by atoms with E-state index in [-0.39, 0.29) is 4.90 Å². The molecule has 0 saturated heterocycles. The van der Waals surface area contributed by atoms with Gasteiger partial charge in [0.05, 0.1) is 12.6 Å². The molecule has 9 nitrogen and oxygen atoms in total. The molecule has 1 atom stereocenters. The van der Waals surface area contributed by atoms with Gasteiger partial charge in [-0.2, -0.15) is 9.82 Å². The molecule has 1 heterocycles. The molecule has 0 unspecified atom stereocenters. The summed E-state index contributed by atoms with van der Waals surface area (Å²) >= 11 is 0. The second kappa shape index (κ2) is 5.14. The second-order valence-electron chi connectivity index (χ2n) is 3.46. The number of carboxylic acids is 2. The van der Waals surface area contributed by atoms with Crippen molar-refractivity contribution in [2.75, 3.05) is 0 Å². The van der Waals surface area contributed by atoms with Crippen molar-refractivity contribution in [1.29, 1.82) is 0 Å². The predicted octanol–water partition coefficient (Wildman–Crippen LogP) is -1.37. The number of nitrogens with zero attached hydrogens (tertiary/aromatic N) is 2. The molecular weight excluding hydrogens is 266 g/mol. The average Bonchev–Trinajstić information content (AvgIpc) is 2.63. The first kappa shape index (κ1) is 14.1. The van der Waals surface area contributed by atoms with Crippen molar-refractivity contribution < 1.29 is 28.2 Å². The van der Waals surface area contributed by atoms with Gasteiger partial charge in [-0.15, -0.1) is 0 Å². The van der Waals surface area contributed by atoms with Crippen molar-refractivity contribution in [3.05, 3.63) is 12.4 Å². The minimum absolute atomic E-state index is 0.235. The van der Waals surface area contributed by atoms with Crippen molar-refractivity contribution in [1.82, 2.24) is 14.5 Å². The third kappa shape index (κ3) is 3.53. The number of hydrogen-bond acceptors (Lipinski definition) is 5. The summed E-state index contributed by atoms with van der Waals surface area (Å²) in [5.41, 5.74) is 0. The van der Waals surface area contributed by atoms with Crippen LogP contribution in [0.25, 0.3) is 0 Å². The van der Waals surface area contributed by atoms with Gasteiger partial charge in [0.25, 0.3) is 0 Å². The Morgan fingerprint density at radius 2 is 2.11 bits per heavy atom. The lowest BCUT2D eigenvalue weighted by Crippen LogP contribution is -2.42. The number of rotatable bonds is 6. The van der Waals surface area contributed by atoms with E-state index in [0.717, 1.165) is 6.20 Å². The van der Waals surface area contributed by atoms with E-state index in [2.05, 4.69) is 5.10 Å².